The van der Waals surface area contributed by atoms with Gasteiger partial charge in [0.15, 0.2) is 11.5 Å². The second-order valence-corrected chi connectivity index (χ2v) is 9.48. The Labute approximate surface area is 233 Å². The van der Waals surface area contributed by atoms with Crippen molar-refractivity contribution in [3.05, 3.63) is 83.9 Å². The molecule has 0 saturated heterocycles. The molecule has 0 atom stereocenters. The van der Waals surface area contributed by atoms with E-state index in [-0.39, 0.29) is 31.0 Å². The first-order valence-electron chi connectivity index (χ1n) is 12.5. The van der Waals surface area contributed by atoms with Crippen molar-refractivity contribution < 1.29 is 31.5 Å². The van der Waals surface area contributed by atoms with Crippen LogP contribution >= 0.6 is 0 Å². The average molecular weight is 582 g/mol. The first-order valence-corrected chi connectivity index (χ1v) is 12.5. The predicted octanol–water partition coefficient (Wildman–Crippen LogP) is 4.48. The summed E-state index contributed by atoms with van der Waals surface area (Å²) >= 11 is 0. The first-order chi connectivity index (χ1) is 20.0. The maximum absolute atomic E-state index is 13.7. The summed E-state index contributed by atoms with van der Waals surface area (Å²) in [6.45, 7) is 0.0302. The fourth-order valence-corrected chi connectivity index (χ4v) is 4.70. The number of nitrogens with one attached hydrogen (secondary N) is 1. The van der Waals surface area contributed by atoms with E-state index in [1.165, 1.54) is 41.0 Å². The summed E-state index contributed by atoms with van der Waals surface area (Å²) in [5, 5.41) is 11.8. The average Bonchev–Trinajstić information content (AvgIpc) is 3.52. The minimum absolute atomic E-state index is 0.0321. The van der Waals surface area contributed by atoms with Crippen LogP contribution in [-0.2, 0) is 17.9 Å². The van der Waals surface area contributed by atoms with E-state index in [9.17, 15) is 31.5 Å². The Morgan fingerprint density at radius 2 is 1.76 bits per heavy atom. The highest BCUT2D eigenvalue weighted by Gasteiger charge is 2.36. The number of anilines is 1. The molecule has 0 unspecified atom stereocenters. The second-order valence-electron chi connectivity index (χ2n) is 9.48. The summed E-state index contributed by atoms with van der Waals surface area (Å²) in [6.07, 6.45) is -3.64. The number of fused-ring (bicyclic) bond motifs is 2. The third kappa shape index (κ3) is 5.40. The van der Waals surface area contributed by atoms with Crippen LogP contribution in [0.25, 0.3) is 28.2 Å². The highest BCUT2D eigenvalue weighted by molar-refractivity contribution is 6.03. The highest BCUT2D eigenvalue weighted by Crippen LogP contribution is 2.36. The van der Waals surface area contributed by atoms with Crippen LogP contribution in [0.3, 0.4) is 0 Å². The van der Waals surface area contributed by atoms with E-state index >= 15 is 0 Å². The number of aromatic nitrogens is 6. The van der Waals surface area contributed by atoms with E-state index in [1.54, 1.807) is 16.8 Å². The summed E-state index contributed by atoms with van der Waals surface area (Å²) in [5.41, 5.74) is 2.56. The standard InChI is InChI=1S/C27H19F5N8O2/c28-17-3-1-15(2-4-17)25-24(19-13-38(9-10-39(19)37-25)23(41)12-27(30,31)32)18-5-6-22-34-21(14-40(22)36-18)35-26(42)16-7-8-33-20(29)11-16/h1-8,11,14H,9-10,12-13H2,(H,35,42). The van der Waals surface area contributed by atoms with Crippen molar-refractivity contribution in [2.45, 2.75) is 25.7 Å². The molecule has 0 aliphatic carbocycles. The van der Waals surface area contributed by atoms with E-state index < -0.39 is 36.2 Å². The van der Waals surface area contributed by atoms with Crippen LogP contribution in [0.15, 0.2) is 60.9 Å². The van der Waals surface area contributed by atoms with E-state index in [0.29, 0.717) is 33.9 Å². The number of nitrogens with zero attached hydrogens (tertiary/aromatic N) is 7. The number of hydrogen-bond acceptors (Lipinski definition) is 6. The van der Waals surface area contributed by atoms with Crippen LogP contribution in [0.5, 0.6) is 0 Å². The number of pyridine rings is 1. The second kappa shape index (κ2) is 10.3. The summed E-state index contributed by atoms with van der Waals surface area (Å²) in [5.74, 6) is -2.83. The Bertz CT molecular complexity index is 1830. The lowest BCUT2D eigenvalue weighted by molar-refractivity contribution is -0.162. The third-order valence-electron chi connectivity index (χ3n) is 6.61. The van der Waals surface area contributed by atoms with E-state index in [2.05, 4.69) is 25.5 Å². The van der Waals surface area contributed by atoms with Gasteiger partial charge in [-0.3, -0.25) is 14.3 Å². The fourth-order valence-electron chi connectivity index (χ4n) is 4.70. The van der Waals surface area contributed by atoms with Crippen LogP contribution in [-0.4, -0.2) is 58.8 Å². The Hall–Kier alpha value is -5.21. The minimum atomic E-state index is -4.65. The lowest BCUT2D eigenvalue weighted by Gasteiger charge is -2.28. The van der Waals surface area contributed by atoms with Crippen LogP contribution < -0.4 is 5.32 Å². The Morgan fingerprint density at radius 1 is 0.976 bits per heavy atom. The van der Waals surface area contributed by atoms with Crippen LogP contribution in [0.4, 0.5) is 27.8 Å². The molecule has 0 fully saturated rings. The molecule has 1 aromatic carbocycles. The van der Waals surface area contributed by atoms with Gasteiger partial charge in [-0.25, -0.2) is 18.9 Å². The maximum Gasteiger partial charge on any atom is 0.397 e. The Kier molecular flexibility index (Phi) is 6.63. The first kappa shape index (κ1) is 27.0. The quantitative estimate of drug-likeness (QED) is 0.242. The maximum atomic E-state index is 13.7. The number of carbonyl (C=O) groups is 2. The highest BCUT2D eigenvalue weighted by atomic mass is 19.4. The summed E-state index contributed by atoms with van der Waals surface area (Å²) in [4.78, 5) is 33.8. The van der Waals surface area contributed by atoms with Gasteiger partial charge in [-0.1, -0.05) is 0 Å². The van der Waals surface area contributed by atoms with Gasteiger partial charge in [0.1, 0.15) is 17.9 Å². The van der Waals surface area contributed by atoms with Gasteiger partial charge in [0, 0.05) is 29.9 Å². The zero-order valence-corrected chi connectivity index (χ0v) is 21.4. The smallest absolute Gasteiger partial charge is 0.335 e. The molecule has 0 saturated carbocycles. The van der Waals surface area contributed by atoms with E-state index in [0.717, 1.165) is 17.2 Å². The van der Waals surface area contributed by atoms with Crippen LogP contribution in [0.1, 0.15) is 22.5 Å². The normalized spacial score (nSPS) is 13.3. The van der Waals surface area contributed by atoms with Crippen LogP contribution in [0, 0.1) is 11.8 Å². The number of amides is 2. The molecule has 4 aromatic heterocycles. The number of carbonyl (C=O) groups excluding carboxylic acids is 2. The monoisotopic (exact) mass is 582 g/mol. The van der Waals surface area contributed by atoms with Crippen molar-refractivity contribution >= 4 is 23.3 Å². The van der Waals surface area contributed by atoms with Crippen molar-refractivity contribution in [1.82, 2.24) is 34.3 Å². The molecule has 0 spiro atoms. The van der Waals surface area contributed by atoms with Gasteiger partial charge in [-0.2, -0.15) is 27.8 Å². The molecule has 5 aromatic rings. The van der Waals surface area contributed by atoms with Gasteiger partial charge >= 0.3 is 6.18 Å². The van der Waals surface area contributed by atoms with Gasteiger partial charge in [0.2, 0.25) is 11.9 Å². The van der Waals surface area contributed by atoms with Gasteiger partial charge in [-0.15, -0.1) is 0 Å². The van der Waals surface area contributed by atoms with Gasteiger partial charge in [0.25, 0.3) is 5.91 Å². The van der Waals surface area contributed by atoms with E-state index in [4.69, 9.17) is 0 Å². The van der Waals surface area contributed by atoms with Gasteiger partial charge in [0.05, 0.1) is 36.2 Å². The number of rotatable bonds is 5. The Morgan fingerprint density at radius 3 is 2.50 bits per heavy atom. The van der Waals surface area contributed by atoms with Crippen molar-refractivity contribution in [3.8, 4) is 22.5 Å². The zero-order valence-electron chi connectivity index (χ0n) is 21.4. The van der Waals surface area contributed by atoms with Gasteiger partial charge in [-0.05, 0) is 42.5 Å². The summed E-state index contributed by atoms with van der Waals surface area (Å²) in [7, 11) is 0. The Balaban J connectivity index is 1.38. The molecule has 1 N–H and O–H groups in total. The molecular weight excluding hydrogens is 563 g/mol. The molecule has 214 valence electrons. The summed E-state index contributed by atoms with van der Waals surface area (Å²) < 4.78 is 68.9. The van der Waals surface area contributed by atoms with E-state index in [1.807, 2.05) is 0 Å². The molecule has 1 aliphatic heterocycles. The molecule has 6 rings (SSSR count). The number of imidazole rings is 1. The van der Waals surface area contributed by atoms with Crippen molar-refractivity contribution in [3.63, 3.8) is 0 Å². The number of halogens is 5. The lowest BCUT2D eigenvalue weighted by atomic mass is 10.0. The zero-order chi connectivity index (χ0) is 29.6. The molecule has 15 heteroatoms. The minimum Gasteiger partial charge on any atom is -0.335 e. The van der Waals surface area contributed by atoms with Crippen molar-refractivity contribution in [2.75, 3.05) is 11.9 Å². The molecule has 5 heterocycles. The summed E-state index contributed by atoms with van der Waals surface area (Å²) in [6, 6.07) is 11.1. The largest absolute Gasteiger partial charge is 0.397 e. The molecular formula is C27H19F5N8O2. The molecule has 0 bridgehead atoms. The lowest BCUT2D eigenvalue weighted by Crippen LogP contribution is -2.40. The predicted molar refractivity (Wildman–Crippen MR) is 138 cm³/mol. The number of benzene rings is 1. The third-order valence-corrected chi connectivity index (χ3v) is 6.61. The molecule has 0 radical (unpaired) electrons. The molecule has 42 heavy (non-hydrogen) atoms. The van der Waals surface area contributed by atoms with Crippen LogP contribution in [0.2, 0.25) is 0 Å². The molecule has 10 nitrogen and oxygen atoms in total. The van der Waals surface area contributed by atoms with Gasteiger partial charge < -0.3 is 10.2 Å². The number of alkyl halides is 3. The SMILES string of the molecule is O=C(Nc1cn2nc(-c3c(-c4ccc(F)cc4)nn4c3CN(C(=O)CC(F)(F)F)CC4)ccc2n1)c1ccnc(F)c1. The topological polar surface area (TPSA) is 110 Å². The van der Waals surface area contributed by atoms with Crippen molar-refractivity contribution in [2.24, 2.45) is 0 Å². The number of hydrogen-bond donors (Lipinski definition) is 1. The molecule has 1 aliphatic rings. The fraction of sp³-hybridized carbons (Fsp3) is 0.185. The van der Waals surface area contributed by atoms with Crippen molar-refractivity contribution in [1.29, 1.82) is 0 Å². The molecule has 2 amide bonds.